The van der Waals surface area contributed by atoms with Crippen molar-refractivity contribution in [1.29, 1.82) is 0 Å². The van der Waals surface area contributed by atoms with E-state index in [2.05, 4.69) is 24.3 Å². The second-order valence-corrected chi connectivity index (χ2v) is 10.3. The van der Waals surface area contributed by atoms with E-state index in [-0.39, 0.29) is 6.61 Å². The van der Waals surface area contributed by atoms with E-state index < -0.39 is 29.0 Å². The number of rotatable bonds is 8. The molecule has 0 spiro atoms. The molecule has 4 rings (SSSR count). The van der Waals surface area contributed by atoms with Crippen LogP contribution in [-0.2, 0) is 19.3 Å². The molecule has 1 saturated heterocycles. The minimum atomic E-state index is -1.40. The van der Waals surface area contributed by atoms with Gasteiger partial charge in [0.1, 0.15) is 18.0 Å². The second kappa shape index (κ2) is 11.6. The fourth-order valence-corrected chi connectivity index (χ4v) is 5.62. The van der Waals surface area contributed by atoms with E-state index in [0.717, 1.165) is 35.7 Å². The molecule has 0 radical (unpaired) electrons. The van der Waals surface area contributed by atoms with Crippen molar-refractivity contribution >= 4 is 23.4 Å². The number of hydrogen-bond acceptors (Lipinski definition) is 6. The summed E-state index contributed by atoms with van der Waals surface area (Å²) in [6.07, 6.45) is -1.52. The molecule has 0 unspecified atom stereocenters. The summed E-state index contributed by atoms with van der Waals surface area (Å²) in [7, 11) is 0. The van der Waals surface area contributed by atoms with Gasteiger partial charge in [-0.25, -0.2) is 0 Å². The van der Waals surface area contributed by atoms with Gasteiger partial charge in [-0.2, -0.15) is 0 Å². The van der Waals surface area contributed by atoms with Crippen LogP contribution in [0.5, 0.6) is 5.75 Å². The van der Waals surface area contributed by atoms with Gasteiger partial charge in [0.2, 0.25) is 0 Å². The maximum absolute atomic E-state index is 10.5. The van der Waals surface area contributed by atoms with Gasteiger partial charge in [-0.3, -0.25) is 0 Å². The van der Waals surface area contributed by atoms with Gasteiger partial charge in [-0.05, 0) is 47.7 Å². The monoisotopic (exact) mass is 500 g/mol. The second-order valence-electron chi connectivity index (χ2n) is 8.50. The van der Waals surface area contributed by atoms with Crippen LogP contribution < -0.4 is 4.74 Å². The molecule has 0 amide bonds. The number of aliphatic hydroxyl groups excluding tert-OH is 4. The van der Waals surface area contributed by atoms with Crippen LogP contribution >= 0.6 is 23.4 Å². The number of aryl methyl sites for hydroxylation is 2. The van der Waals surface area contributed by atoms with Crippen LogP contribution in [0.25, 0.3) is 0 Å². The lowest BCUT2D eigenvalue weighted by atomic mass is 9.95. The first-order valence-corrected chi connectivity index (χ1v) is 12.6. The number of halogens is 1. The van der Waals surface area contributed by atoms with Gasteiger partial charge in [0.05, 0.1) is 18.0 Å². The Hall–Kier alpha value is -2.06. The van der Waals surface area contributed by atoms with Gasteiger partial charge in [-0.15, -0.1) is 11.8 Å². The van der Waals surface area contributed by atoms with Crippen molar-refractivity contribution in [1.82, 2.24) is 0 Å². The highest BCUT2D eigenvalue weighted by Gasteiger charge is 2.44. The van der Waals surface area contributed by atoms with Crippen LogP contribution in [0, 0.1) is 0 Å². The highest BCUT2D eigenvalue weighted by molar-refractivity contribution is 8.00. The first kappa shape index (κ1) is 25.0. The van der Waals surface area contributed by atoms with E-state index >= 15 is 0 Å². The Kier molecular flexibility index (Phi) is 8.53. The SMILES string of the molecule is OC[C@H]1S[C@@H](Oc2ccc(Cl)cc2Cc2ccccc2CCc2ccccc2)[C@H](O)[C@@H](O)[C@@H]1O. The molecule has 7 heteroatoms. The van der Waals surface area contributed by atoms with Crippen molar-refractivity contribution in [3.63, 3.8) is 0 Å². The molecule has 1 heterocycles. The first-order valence-electron chi connectivity index (χ1n) is 11.3. The van der Waals surface area contributed by atoms with Crippen LogP contribution in [0.4, 0.5) is 0 Å². The number of benzene rings is 3. The van der Waals surface area contributed by atoms with E-state index in [1.165, 1.54) is 11.1 Å². The van der Waals surface area contributed by atoms with Gasteiger partial charge >= 0.3 is 0 Å². The smallest absolute Gasteiger partial charge is 0.173 e. The molecule has 34 heavy (non-hydrogen) atoms. The molecule has 0 aromatic heterocycles. The Morgan fingerprint density at radius 3 is 2.21 bits per heavy atom. The fourth-order valence-electron chi connectivity index (χ4n) is 4.19. The van der Waals surface area contributed by atoms with E-state index in [1.807, 2.05) is 36.4 Å². The molecule has 1 aliphatic rings. The molecule has 0 aliphatic carbocycles. The molecule has 3 aromatic rings. The molecule has 0 saturated carbocycles. The summed E-state index contributed by atoms with van der Waals surface area (Å²) >= 11 is 7.42. The predicted molar refractivity (Wildman–Crippen MR) is 135 cm³/mol. The molecule has 4 N–H and O–H groups in total. The zero-order valence-electron chi connectivity index (χ0n) is 18.6. The largest absolute Gasteiger partial charge is 0.477 e. The molecule has 5 atom stereocenters. The summed E-state index contributed by atoms with van der Waals surface area (Å²) in [5.41, 5.74) is 3.69. The van der Waals surface area contributed by atoms with E-state index in [9.17, 15) is 20.4 Å². The zero-order chi connectivity index (χ0) is 24.1. The van der Waals surface area contributed by atoms with Crippen molar-refractivity contribution in [3.05, 3.63) is 100 Å². The van der Waals surface area contributed by atoms with E-state index in [0.29, 0.717) is 17.2 Å². The standard InChI is InChI=1S/C27H29ClO5S/c28-21-12-13-22(33-27-26(32)25(31)24(30)23(16-29)34-27)20(15-21)14-19-9-5-4-8-18(19)11-10-17-6-2-1-3-7-17/h1-9,12-13,15,23-27,29-32H,10-11,14,16H2/t23-,24-,25+,26-,27-/m1/s1. The molecule has 180 valence electrons. The maximum atomic E-state index is 10.5. The number of aliphatic hydroxyl groups is 4. The molecular formula is C27H29ClO5S. The third-order valence-corrected chi connectivity index (χ3v) is 7.80. The van der Waals surface area contributed by atoms with Crippen LogP contribution in [0.15, 0.2) is 72.8 Å². The van der Waals surface area contributed by atoms with Crippen molar-refractivity contribution in [2.24, 2.45) is 0 Å². The van der Waals surface area contributed by atoms with Crippen LogP contribution in [0.2, 0.25) is 5.02 Å². The minimum absolute atomic E-state index is 0.336. The first-order chi connectivity index (χ1) is 16.5. The summed E-state index contributed by atoms with van der Waals surface area (Å²) in [4.78, 5) is 0. The van der Waals surface area contributed by atoms with Gasteiger partial charge in [-0.1, -0.05) is 66.2 Å². The van der Waals surface area contributed by atoms with Gasteiger partial charge in [0.25, 0.3) is 0 Å². The summed E-state index contributed by atoms with van der Waals surface area (Å²) in [5, 5.41) is 40.2. The van der Waals surface area contributed by atoms with Crippen molar-refractivity contribution in [2.45, 2.75) is 48.3 Å². The van der Waals surface area contributed by atoms with Gasteiger partial charge in [0, 0.05) is 17.0 Å². The average molecular weight is 501 g/mol. The number of ether oxygens (including phenoxy) is 1. The van der Waals surface area contributed by atoms with Crippen LogP contribution in [-0.4, -0.2) is 56.0 Å². The molecule has 1 fully saturated rings. The molecule has 1 aliphatic heterocycles. The number of thioether (sulfide) groups is 1. The maximum Gasteiger partial charge on any atom is 0.173 e. The summed E-state index contributed by atoms with van der Waals surface area (Å²) < 4.78 is 6.12. The predicted octanol–water partition coefficient (Wildman–Crippen LogP) is 3.61. The molecule has 5 nitrogen and oxygen atoms in total. The van der Waals surface area contributed by atoms with Crippen molar-refractivity contribution < 1.29 is 25.2 Å². The fraction of sp³-hybridized carbons (Fsp3) is 0.333. The lowest BCUT2D eigenvalue weighted by Crippen LogP contribution is -2.55. The Morgan fingerprint density at radius 1 is 0.765 bits per heavy atom. The van der Waals surface area contributed by atoms with Crippen molar-refractivity contribution in [3.8, 4) is 5.75 Å². The Balaban J connectivity index is 1.54. The molecular weight excluding hydrogens is 472 g/mol. The van der Waals surface area contributed by atoms with Crippen LogP contribution in [0.1, 0.15) is 22.3 Å². The van der Waals surface area contributed by atoms with Gasteiger partial charge in [0.15, 0.2) is 5.44 Å². The third-order valence-electron chi connectivity index (χ3n) is 6.14. The Labute approximate surface area is 209 Å². The number of hydrogen-bond donors (Lipinski definition) is 4. The quantitative estimate of drug-likeness (QED) is 0.378. The summed E-state index contributed by atoms with van der Waals surface area (Å²) in [6, 6.07) is 24.0. The molecule has 0 bridgehead atoms. The summed E-state index contributed by atoms with van der Waals surface area (Å²) in [5.74, 6) is 0.541. The van der Waals surface area contributed by atoms with Crippen LogP contribution in [0.3, 0.4) is 0 Å². The normalized spacial score (nSPS) is 24.7. The zero-order valence-corrected chi connectivity index (χ0v) is 20.2. The average Bonchev–Trinajstić information content (AvgIpc) is 2.86. The van der Waals surface area contributed by atoms with E-state index in [4.69, 9.17) is 16.3 Å². The summed E-state index contributed by atoms with van der Waals surface area (Å²) in [6.45, 7) is -0.336. The van der Waals surface area contributed by atoms with E-state index in [1.54, 1.807) is 12.1 Å². The third kappa shape index (κ3) is 5.95. The topological polar surface area (TPSA) is 90.2 Å². The highest BCUT2D eigenvalue weighted by Crippen LogP contribution is 2.36. The Morgan fingerprint density at radius 2 is 1.47 bits per heavy atom. The van der Waals surface area contributed by atoms with Crippen molar-refractivity contribution in [2.75, 3.05) is 6.61 Å². The van der Waals surface area contributed by atoms with Gasteiger partial charge < -0.3 is 25.2 Å². The molecule has 3 aromatic carbocycles. The minimum Gasteiger partial charge on any atom is -0.477 e. The lowest BCUT2D eigenvalue weighted by molar-refractivity contribution is -0.0910. The lowest BCUT2D eigenvalue weighted by Gasteiger charge is -2.39. The highest BCUT2D eigenvalue weighted by atomic mass is 35.5. The Bertz CT molecular complexity index is 1080.